The van der Waals surface area contributed by atoms with E-state index in [0.717, 1.165) is 27.6 Å². The molecule has 0 saturated heterocycles. The first kappa shape index (κ1) is 13.9. The molecule has 0 fully saturated rings. The molecule has 0 aromatic heterocycles. The molecular weight excluding hydrogens is 255 g/mol. The number of benzene rings is 2. The van der Waals surface area contributed by atoms with Gasteiger partial charge in [-0.25, -0.2) is 0 Å². The van der Waals surface area contributed by atoms with Crippen molar-refractivity contribution in [1.82, 2.24) is 0 Å². The lowest BCUT2D eigenvalue weighted by Crippen LogP contribution is -2.05. The third kappa shape index (κ3) is 3.27. The molecule has 0 radical (unpaired) electrons. The van der Waals surface area contributed by atoms with E-state index in [-0.39, 0.29) is 0 Å². The Bertz CT molecular complexity index is 633. The summed E-state index contributed by atoms with van der Waals surface area (Å²) in [5.41, 5.74) is 4.23. The van der Waals surface area contributed by atoms with Gasteiger partial charge in [-0.3, -0.25) is 4.57 Å². The van der Waals surface area contributed by atoms with Gasteiger partial charge < -0.3 is 4.52 Å². The van der Waals surface area contributed by atoms with E-state index in [4.69, 9.17) is 4.52 Å². The molecule has 0 aliphatic rings. The Labute approximate surface area is 115 Å². The van der Waals surface area contributed by atoms with Gasteiger partial charge in [0.25, 0.3) is 8.03 Å². The second-order valence-electron chi connectivity index (χ2n) is 4.98. The third-order valence-electron chi connectivity index (χ3n) is 3.16. The Balaban J connectivity index is 2.30. The van der Waals surface area contributed by atoms with Gasteiger partial charge in [0.05, 0.1) is 0 Å². The van der Waals surface area contributed by atoms with Crippen molar-refractivity contribution in [2.24, 2.45) is 0 Å². The van der Waals surface area contributed by atoms with Crippen LogP contribution in [0.2, 0.25) is 0 Å². The first-order valence-corrected chi connectivity index (χ1v) is 7.65. The van der Waals surface area contributed by atoms with E-state index < -0.39 is 8.03 Å². The van der Waals surface area contributed by atoms with Gasteiger partial charge in [0.15, 0.2) is 0 Å². The lowest BCUT2D eigenvalue weighted by atomic mass is 10.1. The van der Waals surface area contributed by atoms with Crippen LogP contribution in [0.25, 0.3) is 0 Å². The number of rotatable bonds is 3. The highest BCUT2D eigenvalue weighted by molar-refractivity contribution is 7.48. The van der Waals surface area contributed by atoms with Crippen molar-refractivity contribution >= 4 is 13.3 Å². The van der Waals surface area contributed by atoms with Gasteiger partial charge in [-0.15, -0.1) is 0 Å². The summed E-state index contributed by atoms with van der Waals surface area (Å²) in [6.07, 6.45) is 0. The average Bonchev–Trinajstić information content (AvgIpc) is 2.36. The molecule has 0 aliphatic carbocycles. The van der Waals surface area contributed by atoms with Gasteiger partial charge in [-0.1, -0.05) is 29.8 Å². The predicted molar refractivity (Wildman–Crippen MR) is 81.1 cm³/mol. The van der Waals surface area contributed by atoms with Crippen LogP contribution in [0.5, 0.6) is 5.75 Å². The summed E-state index contributed by atoms with van der Waals surface area (Å²) in [5.74, 6) is 0.713. The highest BCUT2D eigenvalue weighted by atomic mass is 31.1. The molecule has 0 saturated carbocycles. The quantitative estimate of drug-likeness (QED) is 0.788. The Morgan fingerprint density at radius 3 is 2.11 bits per heavy atom. The van der Waals surface area contributed by atoms with E-state index >= 15 is 0 Å². The number of hydrogen-bond donors (Lipinski definition) is 0. The van der Waals surface area contributed by atoms with Crippen molar-refractivity contribution in [3.63, 3.8) is 0 Å². The standard InChI is InChI=1S/C16H19O2P/c1-11-5-7-13(3)15(9-11)18-19(17)16-10-12(2)6-8-14(16)4/h5-10,19H,1-4H3. The zero-order chi connectivity index (χ0) is 14.0. The van der Waals surface area contributed by atoms with Gasteiger partial charge in [0.2, 0.25) is 0 Å². The molecule has 0 spiro atoms. The number of aryl methyl sites for hydroxylation is 4. The van der Waals surface area contributed by atoms with Crippen molar-refractivity contribution in [2.75, 3.05) is 0 Å². The van der Waals surface area contributed by atoms with E-state index in [1.165, 1.54) is 0 Å². The van der Waals surface area contributed by atoms with Crippen molar-refractivity contribution < 1.29 is 9.09 Å². The Kier molecular flexibility index (Phi) is 4.11. The molecule has 0 amide bonds. The lowest BCUT2D eigenvalue weighted by molar-refractivity contribution is 0.512. The van der Waals surface area contributed by atoms with Crippen LogP contribution < -0.4 is 9.83 Å². The highest BCUT2D eigenvalue weighted by Crippen LogP contribution is 2.31. The maximum absolute atomic E-state index is 12.4. The molecule has 19 heavy (non-hydrogen) atoms. The van der Waals surface area contributed by atoms with Crippen molar-refractivity contribution in [3.8, 4) is 5.75 Å². The molecule has 2 aromatic rings. The minimum absolute atomic E-state index is 0.713. The van der Waals surface area contributed by atoms with Crippen molar-refractivity contribution in [3.05, 3.63) is 58.7 Å². The Morgan fingerprint density at radius 2 is 1.42 bits per heavy atom. The smallest absolute Gasteiger partial charge is 0.266 e. The molecule has 0 bridgehead atoms. The SMILES string of the molecule is Cc1ccc(C)c(O[PH](=O)c2cc(C)ccc2C)c1. The van der Waals surface area contributed by atoms with Crippen LogP contribution in [0.3, 0.4) is 0 Å². The predicted octanol–water partition coefficient (Wildman–Crippen LogP) is 4.10. The van der Waals surface area contributed by atoms with Crippen LogP contribution >= 0.6 is 8.03 Å². The van der Waals surface area contributed by atoms with Crippen LogP contribution in [0.15, 0.2) is 36.4 Å². The zero-order valence-corrected chi connectivity index (χ0v) is 12.8. The van der Waals surface area contributed by atoms with Crippen LogP contribution in [-0.2, 0) is 4.57 Å². The molecule has 0 heterocycles. The van der Waals surface area contributed by atoms with E-state index in [2.05, 4.69) is 0 Å². The minimum atomic E-state index is -2.26. The average molecular weight is 274 g/mol. The van der Waals surface area contributed by atoms with Gasteiger partial charge in [-0.2, -0.15) is 0 Å². The van der Waals surface area contributed by atoms with E-state index in [1.54, 1.807) is 0 Å². The third-order valence-corrected chi connectivity index (χ3v) is 4.54. The first-order chi connectivity index (χ1) is 8.97. The fourth-order valence-corrected chi connectivity index (χ4v) is 3.21. The van der Waals surface area contributed by atoms with Crippen LogP contribution in [0.4, 0.5) is 0 Å². The maximum atomic E-state index is 12.4. The summed E-state index contributed by atoms with van der Waals surface area (Å²) in [7, 11) is -2.26. The molecule has 2 rings (SSSR count). The molecular formula is C16H19O2P. The van der Waals surface area contributed by atoms with Crippen molar-refractivity contribution in [2.45, 2.75) is 27.7 Å². The fraction of sp³-hybridized carbons (Fsp3) is 0.250. The largest absolute Gasteiger partial charge is 0.441 e. The molecule has 2 nitrogen and oxygen atoms in total. The molecule has 0 aliphatic heterocycles. The van der Waals surface area contributed by atoms with E-state index in [9.17, 15) is 4.57 Å². The molecule has 2 aromatic carbocycles. The van der Waals surface area contributed by atoms with Crippen molar-refractivity contribution in [1.29, 1.82) is 0 Å². The summed E-state index contributed by atoms with van der Waals surface area (Å²) in [6.45, 7) is 7.92. The van der Waals surface area contributed by atoms with Gasteiger partial charge >= 0.3 is 0 Å². The summed E-state index contributed by atoms with van der Waals surface area (Å²) >= 11 is 0. The minimum Gasteiger partial charge on any atom is -0.441 e. The highest BCUT2D eigenvalue weighted by Gasteiger charge is 2.10. The van der Waals surface area contributed by atoms with Crippen LogP contribution in [0, 0.1) is 27.7 Å². The molecule has 1 unspecified atom stereocenters. The molecule has 100 valence electrons. The normalized spacial score (nSPS) is 12.2. The van der Waals surface area contributed by atoms with Gasteiger partial charge in [0.1, 0.15) is 5.75 Å². The Hall–Kier alpha value is -1.53. The lowest BCUT2D eigenvalue weighted by Gasteiger charge is -2.12. The van der Waals surface area contributed by atoms with Crippen LogP contribution in [-0.4, -0.2) is 0 Å². The zero-order valence-electron chi connectivity index (χ0n) is 11.8. The molecule has 0 N–H and O–H groups in total. The maximum Gasteiger partial charge on any atom is 0.266 e. The summed E-state index contributed by atoms with van der Waals surface area (Å²) in [4.78, 5) is 0. The molecule has 3 heteroatoms. The Morgan fingerprint density at radius 1 is 0.842 bits per heavy atom. The van der Waals surface area contributed by atoms with Crippen LogP contribution in [0.1, 0.15) is 22.3 Å². The number of hydrogen-bond acceptors (Lipinski definition) is 2. The van der Waals surface area contributed by atoms with Gasteiger partial charge in [-0.05, 0) is 56.5 Å². The van der Waals surface area contributed by atoms with E-state index in [1.807, 2.05) is 64.1 Å². The summed E-state index contributed by atoms with van der Waals surface area (Å²) in [6, 6.07) is 11.9. The topological polar surface area (TPSA) is 26.3 Å². The van der Waals surface area contributed by atoms with Gasteiger partial charge in [0, 0.05) is 5.30 Å². The summed E-state index contributed by atoms with van der Waals surface area (Å²) < 4.78 is 18.1. The second-order valence-corrected chi connectivity index (χ2v) is 6.29. The monoisotopic (exact) mass is 274 g/mol. The second kappa shape index (κ2) is 5.63. The fourth-order valence-electron chi connectivity index (χ4n) is 1.93. The summed E-state index contributed by atoms with van der Waals surface area (Å²) in [5, 5.41) is 0.811. The van der Waals surface area contributed by atoms with E-state index in [0.29, 0.717) is 5.75 Å². The molecule has 1 atom stereocenters. The first-order valence-electron chi connectivity index (χ1n) is 6.34.